The molecule has 2 nitrogen and oxygen atoms in total. The molecule has 13 heavy (non-hydrogen) atoms. The summed E-state index contributed by atoms with van der Waals surface area (Å²) in [6.07, 6.45) is 1.23. The summed E-state index contributed by atoms with van der Waals surface area (Å²) >= 11 is 5.16. The van der Waals surface area contributed by atoms with Crippen molar-refractivity contribution in [2.75, 3.05) is 13.2 Å². The predicted octanol–water partition coefficient (Wildman–Crippen LogP) is 2.94. The molecule has 0 saturated carbocycles. The second kappa shape index (κ2) is 5.32. The fraction of sp³-hybridized carbons (Fsp3) is 0.500. The summed E-state index contributed by atoms with van der Waals surface area (Å²) in [6.45, 7) is 1.92. The molecule has 1 aliphatic heterocycles. The van der Waals surface area contributed by atoms with Crippen LogP contribution >= 0.6 is 39.7 Å². The van der Waals surface area contributed by atoms with Gasteiger partial charge < -0.3 is 4.74 Å². The Balaban J connectivity index is 0.000000845. The van der Waals surface area contributed by atoms with Crippen molar-refractivity contribution in [1.29, 1.82) is 0 Å². The van der Waals surface area contributed by atoms with Crippen molar-refractivity contribution >= 4 is 39.7 Å². The third kappa shape index (κ3) is 2.92. The maximum atomic E-state index is 5.56. The second-order valence-electron chi connectivity index (χ2n) is 2.70. The van der Waals surface area contributed by atoms with Crippen molar-refractivity contribution in [2.45, 2.75) is 12.6 Å². The van der Waals surface area contributed by atoms with Crippen molar-refractivity contribution in [2.24, 2.45) is 0 Å². The molecule has 2 rings (SSSR count). The third-order valence-electron chi connectivity index (χ3n) is 1.79. The van der Waals surface area contributed by atoms with Crippen LogP contribution in [0, 0.1) is 0 Å². The molecule has 1 aromatic rings. The zero-order chi connectivity index (χ0) is 8.39. The molecule has 1 aromatic heterocycles. The Kier molecular flexibility index (Phi) is 4.69. The minimum absolute atomic E-state index is 0. The van der Waals surface area contributed by atoms with Crippen LogP contribution in [-0.2, 0) is 4.74 Å². The summed E-state index contributed by atoms with van der Waals surface area (Å²) < 4.78 is 6.72. The molecule has 1 saturated heterocycles. The van der Waals surface area contributed by atoms with Gasteiger partial charge in [-0.15, -0.1) is 23.7 Å². The topological polar surface area (TPSA) is 21.3 Å². The summed E-state index contributed by atoms with van der Waals surface area (Å²) in [5, 5.41) is 3.32. The number of halogens is 2. The predicted molar refractivity (Wildman–Crippen MR) is 60.6 cm³/mol. The van der Waals surface area contributed by atoms with Gasteiger partial charge in [-0.2, -0.15) is 0 Å². The molecular formula is C8H11BrClNOS. The van der Waals surface area contributed by atoms with Gasteiger partial charge in [-0.25, -0.2) is 0 Å². The highest BCUT2D eigenvalue weighted by atomic mass is 79.9. The first-order valence-electron chi connectivity index (χ1n) is 3.96. The van der Waals surface area contributed by atoms with Crippen molar-refractivity contribution in [3.63, 3.8) is 0 Å². The van der Waals surface area contributed by atoms with Crippen LogP contribution in [0.1, 0.15) is 17.5 Å². The van der Waals surface area contributed by atoms with Crippen LogP contribution in [0.15, 0.2) is 15.9 Å². The minimum Gasteiger partial charge on any atom is -0.358 e. The minimum atomic E-state index is 0. The number of thiophene rings is 1. The quantitative estimate of drug-likeness (QED) is 0.856. The lowest BCUT2D eigenvalue weighted by atomic mass is 10.3. The van der Waals surface area contributed by atoms with Crippen LogP contribution < -0.4 is 5.32 Å². The molecule has 1 atom stereocenters. The Labute approximate surface area is 96.2 Å². The smallest absolute Gasteiger partial charge is 0.143 e. The zero-order valence-corrected chi connectivity index (χ0v) is 10.2. The van der Waals surface area contributed by atoms with E-state index in [0.29, 0.717) is 0 Å². The van der Waals surface area contributed by atoms with Gasteiger partial charge >= 0.3 is 0 Å². The van der Waals surface area contributed by atoms with Crippen molar-refractivity contribution in [3.8, 4) is 0 Å². The summed E-state index contributed by atoms with van der Waals surface area (Å²) in [7, 11) is 0. The molecule has 1 aliphatic rings. The van der Waals surface area contributed by atoms with Crippen molar-refractivity contribution in [3.05, 3.63) is 20.8 Å². The van der Waals surface area contributed by atoms with E-state index < -0.39 is 0 Å². The van der Waals surface area contributed by atoms with Gasteiger partial charge in [0.2, 0.25) is 0 Å². The van der Waals surface area contributed by atoms with Crippen LogP contribution in [0.2, 0.25) is 0 Å². The van der Waals surface area contributed by atoms with E-state index in [4.69, 9.17) is 4.74 Å². The van der Waals surface area contributed by atoms with Gasteiger partial charge in [-0.1, -0.05) is 0 Å². The van der Waals surface area contributed by atoms with E-state index in [2.05, 4.69) is 33.4 Å². The van der Waals surface area contributed by atoms with E-state index in [9.17, 15) is 0 Å². The molecule has 1 N–H and O–H groups in total. The first kappa shape index (κ1) is 11.5. The van der Waals surface area contributed by atoms with Gasteiger partial charge in [0.15, 0.2) is 0 Å². The van der Waals surface area contributed by atoms with E-state index >= 15 is 0 Å². The van der Waals surface area contributed by atoms with Gasteiger partial charge in [0.05, 0.1) is 10.4 Å². The van der Waals surface area contributed by atoms with Crippen LogP contribution in [0.3, 0.4) is 0 Å². The lowest BCUT2D eigenvalue weighted by Crippen LogP contribution is -2.30. The lowest BCUT2D eigenvalue weighted by molar-refractivity contribution is 0.00197. The normalized spacial score (nSPS) is 22.4. The first-order valence-corrected chi connectivity index (χ1v) is 5.57. The Bertz CT molecular complexity index is 262. The highest BCUT2D eigenvalue weighted by molar-refractivity contribution is 9.11. The van der Waals surface area contributed by atoms with Crippen molar-refractivity contribution in [1.82, 2.24) is 5.32 Å². The number of rotatable bonds is 1. The first-order chi connectivity index (χ1) is 5.86. The molecule has 5 heteroatoms. The zero-order valence-electron chi connectivity index (χ0n) is 6.96. The molecule has 0 radical (unpaired) electrons. The van der Waals surface area contributed by atoms with E-state index in [1.807, 2.05) is 0 Å². The van der Waals surface area contributed by atoms with Crippen LogP contribution in [0.25, 0.3) is 0 Å². The molecule has 74 valence electrons. The number of hydrogen-bond acceptors (Lipinski definition) is 3. The number of ether oxygens (including phenoxy) is 1. The molecule has 0 amide bonds. The number of nitrogens with one attached hydrogen (secondary N) is 1. The molecule has 1 fully saturated rings. The Morgan fingerprint density at radius 3 is 2.92 bits per heavy atom. The molecule has 1 unspecified atom stereocenters. The fourth-order valence-corrected chi connectivity index (χ4v) is 2.67. The lowest BCUT2D eigenvalue weighted by Gasteiger charge is -2.22. The molecule has 0 bridgehead atoms. The standard InChI is InChI=1S/C8H10BrNOS.ClH/c9-7-3-2-6(12-7)8-10-4-1-5-11-8;/h2-3,8,10H,1,4-5H2;1H. The molecule has 2 heterocycles. The van der Waals surface area contributed by atoms with Crippen molar-refractivity contribution < 1.29 is 4.74 Å². The summed E-state index contributed by atoms with van der Waals surface area (Å²) in [4.78, 5) is 1.25. The van der Waals surface area contributed by atoms with Gasteiger partial charge in [0.25, 0.3) is 0 Å². The summed E-state index contributed by atoms with van der Waals surface area (Å²) in [5.74, 6) is 0. The highest BCUT2D eigenvalue weighted by Gasteiger charge is 2.16. The maximum absolute atomic E-state index is 5.56. The van der Waals surface area contributed by atoms with Gasteiger partial charge in [0.1, 0.15) is 6.23 Å². The second-order valence-corrected chi connectivity index (χ2v) is 5.19. The summed E-state index contributed by atoms with van der Waals surface area (Å²) in [6, 6.07) is 4.15. The van der Waals surface area contributed by atoms with E-state index in [1.165, 1.54) is 4.88 Å². The average molecular weight is 285 g/mol. The Morgan fingerprint density at radius 2 is 2.38 bits per heavy atom. The molecular weight excluding hydrogens is 274 g/mol. The van der Waals surface area contributed by atoms with Crippen LogP contribution in [-0.4, -0.2) is 13.2 Å². The highest BCUT2D eigenvalue weighted by Crippen LogP contribution is 2.28. The van der Waals surface area contributed by atoms with Crippen LogP contribution in [0.4, 0.5) is 0 Å². The van der Waals surface area contributed by atoms with Gasteiger partial charge in [-0.3, -0.25) is 5.32 Å². The summed E-state index contributed by atoms with van der Waals surface area (Å²) in [5.41, 5.74) is 0. The SMILES string of the molecule is Brc1ccc(C2NCCCO2)s1.Cl. The average Bonchev–Trinajstić information content (AvgIpc) is 2.54. The fourth-order valence-electron chi connectivity index (χ4n) is 1.22. The number of hydrogen-bond donors (Lipinski definition) is 1. The maximum Gasteiger partial charge on any atom is 0.143 e. The largest absolute Gasteiger partial charge is 0.358 e. The Hall–Kier alpha value is 0.390. The van der Waals surface area contributed by atoms with E-state index in [1.54, 1.807) is 11.3 Å². The van der Waals surface area contributed by atoms with Gasteiger partial charge in [-0.05, 0) is 34.5 Å². The monoisotopic (exact) mass is 283 g/mol. The van der Waals surface area contributed by atoms with E-state index in [-0.39, 0.29) is 18.6 Å². The molecule has 0 spiro atoms. The van der Waals surface area contributed by atoms with Crippen LogP contribution in [0.5, 0.6) is 0 Å². The third-order valence-corrected chi connectivity index (χ3v) is 3.45. The van der Waals surface area contributed by atoms with Gasteiger partial charge in [0, 0.05) is 11.4 Å². The Morgan fingerprint density at radius 1 is 1.54 bits per heavy atom. The van der Waals surface area contributed by atoms with E-state index in [0.717, 1.165) is 23.4 Å². The molecule has 0 aliphatic carbocycles. The molecule has 0 aromatic carbocycles.